The Labute approximate surface area is 144 Å². The molecule has 0 N–H and O–H groups in total. The van der Waals surface area contributed by atoms with Crippen molar-refractivity contribution < 1.29 is 28.5 Å². The normalized spacial score (nSPS) is 9.90. The minimum atomic E-state index is 0.750. The van der Waals surface area contributed by atoms with Crippen LogP contribution in [0.4, 0.5) is 0 Å². The first-order chi connectivity index (χ1) is 10.4. The van der Waals surface area contributed by atoms with Crippen molar-refractivity contribution in [2.45, 2.75) is 110 Å². The van der Waals surface area contributed by atoms with E-state index in [4.69, 9.17) is 3.32 Å². The zero-order valence-electron chi connectivity index (χ0n) is 14.2. The van der Waals surface area contributed by atoms with Crippen molar-refractivity contribution in [3.8, 4) is 0 Å². The molecule has 0 fully saturated rings. The standard InChI is InChI=1S/C18H36O.O.Ti/c1-2-3-4-5-6-7-8-9-10-11-12-13-14-15-16-17-18-19;;/h18H,2-17H2,1H3;;. The second-order valence-corrected chi connectivity index (χ2v) is 5.91. The van der Waals surface area contributed by atoms with Crippen LogP contribution in [0.5, 0.6) is 0 Å². The first-order valence-corrected chi connectivity index (χ1v) is 9.69. The van der Waals surface area contributed by atoms with Crippen LogP contribution < -0.4 is 0 Å². The Kier molecular flexibility index (Phi) is 28.1. The molecule has 0 amide bonds. The zero-order chi connectivity index (χ0) is 16.0. The summed E-state index contributed by atoms with van der Waals surface area (Å²) in [6.45, 7) is 2.28. The average molecular weight is 332 g/mol. The van der Waals surface area contributed by atoms with E-state index in [9.17, 15) is 4.79 Å². The molecule has 0 saturated carbocycles. The molecule has 0 aromatic rings. The summed E-state index contributed by atoms with van der Waals surface area (Å²) in [4.78, 5) is 10.1. The molecular formula is C18H36O2Ti. The Balaban J connectivity index is 0. The van der Waals surface area contributed by atoms with Crippen molar-refractivity contribution in [2.75, 3.05) is 0 Å². The Bertz CT molecular complexity index is 186. The molecule has 0 rings (SSSR count). The van der Waals surface area contributed by atoms with Crippen LogP contribution in [0.2, 0.25) is 0 Å². The number of carbonyl (C=O) groups is 1. The van der Waals surface area contributed by atoms with Gasteiger partial charge in [-0.3, -0.25) is 0 Å². The van der Waals surface area contributed by atoms with Gasteiger partial charge in [-0.25, -0.2) is 0 Å². The van der Waals surface area contributed by atoms with Gasteiger partial charge in [0.05, 0.1) is 0 Å². The molecule has 0 atom stereocenters. The van der Waals surface area contributed by atoms with E-state index in [1.54, 1.807) is 0 Å². The second-order valence-electron chi connectivity index (χ2n) is 5.91. The number of hydrogen-bond donors (Lipinski definition) is 0. The Morgan fingerprint density at radius 3 is 1.14 bits per heavy atom. The zero-order valence-corrected chi connectivity index (χ0v) is 15.8. The number of hydrogen-bond acceptors (Lipinski definition) is 2. The molecule has 0 bridgehead atoms. The molecular weight excluding hydrogens is 296 g/mol. The summed E-state index contributed by atoms with van der Waals surface area (Å²) in [5.74, 6) is 0. The van der Waals surface area contributed by atoms with Crippen molar-refractivity contribution in [2.24, 2.45) is 0 Å². The molecule has 0 aliphatic carbocycles. The summed E-state index contributed by atoms with van der Waals surface area (Å²) in [5.41, 5.74) is 0. The molecule has 0 radical (unpaired) electrons. The molecule has 0 aliphatic heterocycles. The van der Waals surface area contributed by atoms with Gasteiger partial charge in [0.25, 0.3) is 0 Å². The molecule has 0 aromatic carbocycles. The van der Waals surface area contributed by atoms with E-state index in [0.717, 1.165) is 39.5 Å². The number of rotatable bonds is 16. The fourth-order valence-corrected chi connectivity index (χ4v) is 2.60. The van der Waals surface area contributed by atoms with Gasteiger partial charge in [0.1, 0.15) is 6.29 Å². The van der Waals surface area contributed by atoms with Gasteiger partial charge in [-0.2, -0.15) is 0 Å². The summed E-state index contributed by atoms with van der Waals surface area (Å²) in [5, 5.41) is 0. The molecule has 0 aliphatic rings. The first-order valence-electron chi connectivity index (χ1n) is 9.06. The summed E-state index contributed by atoms with van der Waals surface area (Å²) in [6, 6.07) is 0. The summed E-state index contributed by atoms with van der Waals surface area (Å²) < 4.78 is 8.25. The van der Waals surface area contributed by atoms with Gasteiger partial charge in [-0.1, -0.05) is 96.8 Å². The van der Waals surface area contributed by atoms with Crippen molar-refractivity contribution in [1.82, 2.24) is 0 Å². The quantitative estimate of drug-likeness (QED) is 0.188. The van der Waals surface area contributed by atoms with Crippen molar-refractivity contribution >= 4 is 6.29 Å². The van der Waals surface area contributed by atoms with Crippen LogP contribution in [0.1, 0.15) is 110 Å². The van der Waals surface area contributed by atoms with E-state index in [-0.39, 0.29) is 0 Å². The fraction of sp³-hybridized carbons (Fsp3) is 0.944. The Morgan fingerprint density at radius 1 is 0.571 bits per heavy atom. The fourth-order valence-electron chi connectivity index (χ4n) is 2.60. The van der Waals surface area contributed by atoms with E-state index in [1.165, 1.54) is 89.9 Å². The Hall–Kier alpha value is 0.184. The summed E-state index contributed by atoms with van der Waals surface area (Å²) in [7, 11) is 0. The van der Waals surface area contributed by atoms with E-state index in [2.05, 4.69) is 6.92 Å². The second kappa shape index (κ2) is 25.2. The Morgan fingerprint density at radius 2 is 0.857 bits per heavy atom. The molecule has 124 valence electrons. The molecule has 0 unspecified atom stereocenters. The van der Waals surface area contributed by atoms with E-state index in [1.807, 2.05) is 0 Å². The van der Waals surface area contributed by atoms with Crippen LogP contribution in [0, 0.1) is 0 Å². The third kappa shape index (κ3) is 25.5. The average Bonchev–Trinajstić information content (AvgIpc) is 2.53. The van der Waals surface area contributed by atoms with E-state index < -0.39 is 0 Å². The van der Waals surface area contributed by atoms with E-state index in [0.29, 0.717) is 0 Å². The molecule has 0 aromatic heterocycles. The van der Waals surface area contributed by atoms with Gasteiger partial charge in [0, 0.05) is 6.42 Å². The SMILES string of the molecule is CCCCCCCCCCCCCCCCCC=O.[O]=[Ti]. The van der Waals surface area contributed by atoms with Crippen molar-refractivity contribution in [1.29, 1.82) is 0 Å². The number of unbranched alkanes of at least 4 members (excludes halogenated alkanes) is 15. The van der Waals surface area contributed by atoms with Crippen LogP contribution in [0.15, 0.2) is 0 Å². The van der Waals surface area contributed by atoms with Gasteiger partial charge in [0.2, 0.25) is 0 Å². The van der Waals surface area contributed by atoms with Gasteiger partial charge < -0.3 is 4.79 Å². The molecule has 21 heavy (non-hydrogen) atoms. The predicted molar refractivity (Wildman–Crippen MR) is 86.3 cm³/mol. The van der Waals surface area contributed by atoms with Crippen LogP contribution >= 0.6 is 0 Å². The summed E-state index contributed by atoms with van der Waals surface area (Å²) >= 11 is 0.750. The third-order valence-corrected chi connectivity index (χ3v) is 3.93. The van der Waals surface area contributed by atoms with Crippen molar-refractivity contribution in [3.63, 3.8) is 0 Å². The molecule has 0 spiro atoms. The molecule has 0 heterocycles. The van der Waals surface area contributed by atoms with Crippen LogP contribution in [0.25, 0.3) is 0 Å². The van der Waals surface area contributed by atoms with Gasteiger partial charge in [-0.15, -0.1) is 0 Å². The molecule has 2 nitrogen and oxygen atoms in total. The minimum absolute atomic E-state index is 0.750. The van der Waals surface area contributed by atoms with Gasteiger partial charge in [0.15, 0.2) is 0 Å². The monoisotopic (exact) mass is 332 g/mol. The number of aldehydes is 1. The van der Waals surface area contributed by atoms with Crippen LogP contribution in [-0.4, -0.2) is 6.29 Å². The maximum atomic E-state index is 10.1. The van der Waals surface area contributed by atoms with Crippen LogP contribution in [0.3, 0.4) is 0 Å². The van der Waals surface area contributed by atoms with E-state index >= 15 is 0 Å². The van der Waals surface area contributed by atoms with Crippen LogP contribution in [-0.2, 0) is 28.5 Å². The number of carbonyl (C=O) groups excluding carboxylic acids is 1. The molecule has 3 heteroatoms. The topological polar surface area (TPSA) is 34.1 Å². The maximum absolute atomic E-state index is 10.1. The van der Waals surface area contributed by atoms with Crippen molar-refractivity contribution in [3.05, 3.63) is 0 Å². The third-order valence-electron chi connectivity index (χ3n) is 3.93. The predicted octanol–water partition coefficient (Wildman–Crippen LogP) is 6.33. The van der Waals surface area contributed by atoms with Gasteiger partial charge in [-0.05, 0) is 6.42 Å². The van der Waals surface area contributed by atoms with Gasteiger partial charge >= 0.3 is 23.7 Å². The first kappa shape index (κ1) is 23.5. The molecule has 0 saturated heterocycles. The summed E-state index contributed by atoms with van der Waals surface area (Å²) in [6.07, 6.45) is 22.6.